The number of carbonyl (C=O) groups is 1. The summed E-state index contributed by atoms with van der Waals surface area (Å²) in [6.45, 7) is 9.12. The van der Waals surface area contributed by atoms with Gasteiger partial charge in [0, 0.05) is 19.1 Å². The lowest BCUT2D eigenvalue weighted by molar-refractivity contribution is 0.0143. The second kappa shape index (κ2) is 5.01. The number of rotatable bonds is 1. The molecule has 0 saturated carbocycles. The summed E-state index contributed by atoms with van der Waals surface area (Å²) in [6.07, 6.45) is 0.645. The molecule has 0 aromatic rings. The minimum absolute atomic E-state index is 0.227. The van der Waals surface area contributed by atoms with E-state index in [9.17, 15) is 4.79 Å². The Morgan fingerprint density at radius 3 is 2.56 bits per heavy atom. The van der Waals surface area contributed by atoms with Gasteiger partial charge in [-0.3, -0.25) is 11.3 Å². The molecule has 3 N–H and O–H groups in total. The number of nitrogens with one attached hydrogen (secondary N) is 1. The van der Waals surface area contributed by atoms with Crippen molar-refractivity contribution in [2.24, 2.45) is 11.8 Å². The molecule has 2 unspecified atom stereocenters. The first-order valence-corrected chi connectivity index (χ1v) is 5.77. The Morgan fingerprint density at radius 1 is 1.50 bits per heavy atom. The van der Waals surface area contributed by atoms with Crippen molar-refractivity contribution in [3.63, 3.8) is 0 Å². The molecule has 0 aliphatic carbocycles. The van der Waals surface area contributed by atoms with E-state index in [0.29, 0.717) is 25.0 Å². The number of hydrogen-bond donors (Lipinski definition) is 2. The maximum absolute atomic E-state index is 11.8. The van der Waals surface area contributed by atoms with Gasteiger partial charge in [0.05, 0.1) is 0 Å². The van der Waals surface area contributed by atoms with Gasteiger partial charge in [0.2, 0.25) is 0 Å². The van der Waals surface area contributed by atoms with Gasteiger partial charge in [-0.1, -0.05) is 6.92 Å². The van der Waals surface area contributed by atoms with Gasteiger partial charge in [0.1, 0.15) is 5.60 Å². The number of hydrazine groups is 1. The summed E-state index contributed by atoms with van der Waals surface area (Å²) in [5.41, 5.74) is 2.36. The van der Waals surface area contributed by atoms with Gasteiger partial charge in [0.25, 0.3) is 0 Å². The molecule has 5 heteroatoms. The number of amides is 1. The Morgan fingerprint density at radius 2 is 2.12 bits per heavy atom. The van der Waals surface area contributed by atoms with Crippen LogP contribution in [-0.2, 0) is 4.74 Å². The zero-order valence-corrected chi connectivity index (χ0v) is 10.6. The number of carbonyl (C=O) groups excluding carboxylic acids is 1. The van der Waals surface area contributed by atoms with E-state index in [1.165, 1.54) is 0 Å². The third-order valence-electron chi connectivity index (χ3n) is 2.77. The van der Waals surface area contributed by atoms with Crippen molar-refractivity contribution >= 4 is 6.09 Å². The molecule has 1 saturated heterocycles. The van der Waals surface area contributed by atoms with Crippen LogP contribution in [0.3, 0.4) is 0 Å². The number of nitrogens with zero attached hydrogens (tertiary/aromatic N) is 1. The number of nitrogens with two attached hydrogens (primary N) is 1. The highest BCUT2D eigenvalue weighted by Gasteiger charge is 2.30. The Hall–Kier alpha value is -0.810. The molecule has 1 rings (SSSR count). The fourth-order valence-corrected chi connectivity index (χ4v) is 1.89. The average Bonchev–Trinajstić information content (AvgIpc) is 2.15. The van der Waals surface area contributed by atoms with Crippen LogP contribution in [-0.4, -0.2) is 35.7 Å². The van der Waals surface area contributed by atoms with Crippen molar-refractivity contribution in [2.75, 3.05) is 13.1 Å². The average molecular weight is 229 g/mol. The zero-order valence-electron chi connectivity index (χ0n) is 10.6. The summed E-state index contributed by atoms with van der Waals surface area (Å²) in [7, 11) is 0. The molecule has 1 aliphatic rings. The Labute approximate surface area is 97.3 Å². The molecule has 1 aliphatic heterocycles. The minimum atomic E-state index is -0.427. The van der Waals surface area contributed by atoms with Crippen LogP contribution in [0.25, 0.3) is 0 Å². The van der Waals surface area contributed by atoms with Crippen LogP contribution >= 0.6 is 0 Å². The first-order chi connectivity index (χ1) is 7.33. The number of piperidine rings is 1. The first-order valence-electron chi connectivity index (χ1n) is 5.77. The molecule has 0 aromatic carbocycles. The van der Waals surface area contributed by atoms with Crippen molar-refractivity contribution < 1.29 is 9.53 Å². The Kier molecular flexibility index (Phi) is 4.15. The van der Waals surface area contributed by atoms with Gasteiger partial charge in [-0.25, -0.2) is 4.79 Å². The first kappa shape index (κ1) is 13.3. The maximum Gasteiger partial charge on any atom is 0.410 e. The lowest BCUT2D eigenvalue weighted by Gasteiger charge is -2.37. The molecule has 0 spiro atoms. The van der Waals surface area contributed by atoms with E-state index in [4.69, 9.17) is 10.6 Å². The second-order valence-corrected chi connectivity index (χ2v) is 5.47. The van der Waals surface area contributed by atoms with Crippen LogP contribution in [0, 0.1) is 5.92 Å². The summed E-state index contributed by atoms with van der Waals surface area (Å²) >= 11 is 0. The van der Waals surface area contributed by atoms with E-state index >= 15 is 0 Å². The quantitative estimate of drug-likeness (QED) is 0.522. The van der Waals surface area contributed by atoms with E-state index in [1.807, 2.05) is 20.8 Å². The molecule has 16 heavy (non-hydrogen) atoms. The smallest absolute Gasteiger partial charge is 0.410 e. The number of likely N-dealkylation sites (tertiary alicyclic amines) is 1. The van der Waals surface area contributed by atoms with Crippen molar-refractivity contribution in [1.82, 2.24) is 10.3 Å². The molecular weight excluding hydrogens is 206 g/mol. The van der Waals surface area contributed by atoms with E-state index in [0.717, 1.165) is 6.42 Å². The topological polar surface area (TPSA) is 67.6 Å². The molecule has 0 radical (unpaired) electrons. The highest BCUT2D eigenvalue weighted by molar-refractivity contribution is 5.68. The molecule has 0 bridgehead atoms. The predicted molar refractivity (Wildman–Crippen MR) is 62.7 cm³/mol. The van der Waals surface area contributed by atoms with Crippen molar-refractivity contribution in [2.45, 2.75) is 45.8 Å². The lowest BCUT2D eigenvalue weighted by atomic mass is 9.95. The molecule has 94 valence electrons. The number of ether oxygens (including phenoxy) is 1. The SMILES string of the molecule is CC1CN(C(=O)OC(C)(C)C)CCC1NN. The Balaban J connectivity index is 2.48. The van der Waals surface area contributed by atoms with Gasteiger partial charge in [-0.15, -0.1) is 0 Å². The molecular formula is C11H23N3O2. The van der Waals surface area contributed by atoms with Gasteiger partial charge in [-0.2, -0.15) is 0 Å². The van der Waals surface area contributed by atoms with Crippen LogP contribution in [0.2, 0.25) is 0 Å². The summed E-state index contributed by atoms with van der Waals surface area (Å²) in [6, 6.07) is 0.290. The third-order valence-corrected chi connectivity index (χ3v) is 2.77. The second-order valence-electron chi connectivity index (χ2n) is 5.47. The summed E-state index contributed by atoms with van der Waals surface area (Å²) in [4.78, 5) is 13.6. The predicted octanol–water partition coefficient (Wildman–Crippen LogP) is 1.10. The molecule has 1 amide bonds. The fourth-order valence-electron chi connectivity index (χ4n) is 1.89. The molecule has 0 aromatic heterocycles. The van der Waals surface area contributed by atoms with Gasteiger partial charge in [-0.05, 0) is 33.1 Å². The van der Waals surface area contributed by atoms with Crippen LogP contribution in [0.4, 0.5) is 4.79 Å². The van der Waals surface area contributed by atoms with E-state index in [1.54, 1.807) is 4.90 Å². The highest BCUT2D eigenvalue weighted by Crippen LogP contribution is 2.18. The molecule has 2 atom stereocenters. The van der Waals surface area contributed by atoms with Crippen molar-refractivity contribution in [1.29, 1.82) is 0 Å². The highest BCUT2D eigenvalue weighted by atomic mass is 16.6. The van der Waals surface area contributed by atoms with E-state index in [2.05, 4.69) is 12.3 Å². The van der Waals surface area contributed by atoms with Crippen LogP contribution in [0.5, 0.6) is 0 Å². The van der Waals surface area contributed by atoms with E-state index < -0.39 is 5.60 Å². The molecule has 1 heterocycles. The number of hydrogen-bond acceptors (Lipinski definition) is 4. The fraction of sp³-hybridized carbons (Fsp3) is 0.909. The largest absolute Gasteiger partial charge is 0.444 e. The van der Waals surface area contributed by atoms with Crippen LogP contribution in [0.15, 0.2) is 0 Å². The third kappa shape index (κ3) is 3.64. The zero-order chi connectivity index (χ0) is 12.3. The minimum Gasteiger partial charge on any atom is -0.444 e. The monoisotopic (exact) mass is 229 g/mol. The van der Waals surface area contributed by atoms with Crippen molar-refractivity contribution in [3.8, 4) is 0 Å². The van der Waals surface area contributed by atoms with Crippen molar-refractivity contribution in [3.05, 3.63) is 0 Å². The molecule has 5 nitrogen and oxygen atoms in total. The lowest BCUT2D eigenvalue weighted by Crippen LogP contribution is -2.52. The van der Waals surface area contributed by atoms with Gasteiger partial charge >= 0.3 is 6.09 Å². The Bertz CT molecular complexity index is 250. The van der Waals surface area contributed by atoms with Crippen LogP contribution in [0.1, 0.15) is 34.1 Å². The summed E-state index contributed by atoms with van der Waals surface area (Å²) in [5, 5.41) is 0. The molecule has 1 fully saturated rings. The summed E-state index contributed by atoms with van der Waals surface area (Å²) in [5.74, 6) is 5.79. The normalized spacial score (nSPS) is 26.7. The maximum atomic E-state index is 11.8. The van der Waals surface area contributed by atoms with Gasteiger partial charge in [0.15, 0.2) is 0 Å². The van der Waals surface area contributed by atoms with E-state index in [-0.39, 0.29) is 6.09 Å². The summed E-state index contributed by atoms with van der Waals surface area (Å²) < 4.78 is 5.33. The van der Waals surface area contributed by atoms with Crippen LogP contribution < -0.4 is 11.3 Å². The van der Waals surface area contributed by atoms with Gasteiger partial charge < -0.3 is 9.64 Å². The standard InChI is InChI=1S/C11H23N3O2/c1-8-7-14(6-5-9(8)13-12)10(15)16-11(2,3)4/h8-9,13H,5-7,12H2,1-4H3.